The van der Waals surface area contributed by atoms with Crippen LogP contribution >= 0.6 is 0 Å². The molecule has 3 N–H and O–H groups in total. The Labute approximate surface area is 90.9 Å². The summed E-state index contributed by atoms with van der Waals surface area (Å²) in [6.07, 6.45) is 0.639. The molecule has 0 radical (unpaired) electrons. The van der Waals surface area contributed by atoms with Gasteiger partial charge in [0.25, 0.3) is 0 Å². The van der Waals surface area contributed by atoms with Gasteiger partial charge in [-0.1, -0.05) is 12.1 Å². The second-order valence-electron chi connectivity index (χ2n) is 4.29. The zero-order valence-corrected chi connectivity index (χ0v) is 9.58. The van der Waals surface area contributed by atoms with Gasteiger partial charge in [0.15, 0.2) is 0 Å². The lowest BCUT2D eigenvalue weighted by molar-refractivity contribution is 0.208. The molecule has 3 nitrogen and oxygen atoms in total. The van der Waals surface area contributed by atoms with E-state index >= 15 is 0 Å². The van der Waals surface area contributed by atoms with Crippen LogP contribution in [-0.4, -0.2) is 24.4 Å². The van der Waals surface area contributed by atoms with E-state index in [-0.39, 0.29) is 6.61 Å². The van der Waals surface area contributed by atoms with Crippen LogP contribution < -0.4 is 10.5 Å². The van der Waals surface area contributed by atoms with Crippen LogP contribution in [0.25, 0.3) is 0 Å². The fourth-order valence-corrected chi connectivity index (χ4v) is 1.50. The molecule has 3 heteroatoms. The van der Waals surface area contributed by atoms with E-state index in [4.69, 9.17) is 15.6 Å². The average molecular weight is 209 g/mol. The minimum atomic E-state index is -0.569. The van der Waals surface area contributed by atoms with Gasteiger partial charge in [0.05, 0.1) is 13.7 Å². The summed E-state index contributed by atoms with van der Waals surface area (Å²) >= 11 is 0. The van der Waals surface area contributed by atoms with Crippen molar-refractivity contribution in [1.29, 1.82) is 0 Å². The first-order valence-corrected chi connectivity index (χ1v) is 5.02. The minimum Gasteiger partial charge on any atom is -0.496 e. The summed E-state index contributed by atoms with van der Waals surface area (Å²) in [5.74, 6) is 0.862. The summed E-state index contributed by atoms with van der Waals surface area (Å²) in [4.78, 5) is 0. The van der Waals surface area contributed by atoms with Gasteiger partial charge in [0.2, 0.25) is 0 Å². The second kappa shape index (κ2) is 4.64. The van der Waals surface area contributed by atoms with Crippen molar-refractivity contribution in [2.45, 2.75) is 25.8 Å². The molecule has 0 spiro atoms. The molecule has 0 aliphatic carbocycles. The van der Waals surface area contributed by atoms with Crippen molar-refractivity contribution in [2.24, 2.45) is 5.73 Å². The molecule has 0 aliphatic heterocycles. The summed E-state index contributed by atoms with van der Waals surface area (Å²) in [6, 6.07) is 5.98. The molecule has 1 rings (SSSR count). The molecule has 0 aromatic heterocycles. The van der Waals surface area contributed by atoms with Crippen LogP contribution in [0.2, 0.25) is 0 Å². The lowest BCUT2D eigenvalue weighted by atomic mass is 9.94. The van der Waals surface area contributed by atoms with Crippen molar-refractivity contribution in [3.63, 3.8) is 0 Å². The Bertz CT molecular complexity index is 334. The number of methoxy groups -OCH3 is 1. The van der Waals surface area contributed by atoms with Gasteiger partial charge in [-0.2, -0.15) is 0 Å². The van der Waals surface area contributed by atoms with Crippen molar-refractivity contribution in [3.8, 4) is 5.75 Å². The number of rotatable bonds is 4. The van der Waals surface area contributed by atoms with Gasteiger partial charge in [-0.3, -0.25) is 0 Å². The molecule has 0 aliphatic rings. The van der Waals surface area contributed by atoms with Crippen LogP contribution in [0.5, 0.6) is 5.75 Å². The van der Waals surface area contributed by atoms with Gasteiger partial charge >= 0.3 is 0 Å². The van der Waals surface area contributed by atoms with E-state index in [0.717, 1.165) is 16.9 Å². The molecule has 84 valence electrons. The number of nitrogens with two attached hydrogens (primary N) is 1. The lowest BCUT2D eigenvalue weighted by Gasteiger charge is -2.22. The first kappa shape index (κ1) is 12.0. The molecule has 0 amide bonds. The highest BCUT2D eigenvalue weighted by Gasteiger charge is 2.17. The van der Waals surface area contributed by atoms with Gasteiger partial charge in [-0.05, 0) is 37.5 Å². The third-order valence-corrected chi connectivity index (χ3v) is 2.44. The average Bonchev–Trinajstić information content (AvgIpc) is 2.20. The van der Waals surface area contributed by atoms with Crippen molar-refractivity contribution in [2.75, 3.05) is 13.7 Å². The Morgan fingerprint density at radius 3 is 2.67 bits per heavy atom. The smallest absolute Gasteiger partial charge is 0.122 e. The van der Waals surface area contributed by atoms with Crippen molar-refractivity contribution >= 4 is 0 Å². The standard InChI is InChI=1S/C12H19NO2/c1-9-4-5-10(6-11(9)15-3)7-12(2,13)8-14/h4-6,14H,7-8,13H2,1-3H3. The van der Waals surface area contributed by atoms with Gasteiger partial charge in [0.1, 0.15) is 5.75 Å². The van der Waals surface area contributed by atoms with Crippen LogP contribution in [0.3, 0.4) is 0 Å². The number of aryl methyl sites for hydroxylation is 1. The lowest BCUT2D eigenvalue weighted by Crippen LogP contribution is -2.42. The number of aliphatic hydroxyl groups is 1. The number of benzene rings is 1. The van der Waals surface area contributed by atoms with E-state index in [1.54, 1.807) is 7.11 Å². The monoisotopic (exact) mass is 209 g/mol. The van der Waals surface area contributed by atoms with Crippen molar-refractivity contribution < 1.29 is 9.84 Å². The number of ether oxygens (including phenoxy) is 1. The SMILES string of the molecule is COc1cc(CC(C)(N)CO)ccc1C. The van der Waals surface area contributed by atoms with Crippen LogP contribution in [0.1, 0.15) is 18.1 Å². The molecule has 1 unspecified atom stereocenters. The third-order valence-electron chi connectivity index (χ3n) is 2.44. The molecule has 15 heavy (non-hydrogen) atoms. The largest absolute Gasteiger partial charge is 0.496 e. The van der Waals surface area contributed by atoms with E-state index in [1.807, 2.05) is 32.0 Å². The fraction of sp³-hybridized carbons (Fsp3) is 0.500. The molecule has 1 atom stereocenters. The highest BCUT2D eigenvalue weighted by atomic mass is 16.5. The number of aliphatic hydroxyl groups excluding tert-OH is 1. The Hall–Kier alpha value is -1.06. The Kier molecular flexibility index (Phi) is 3.72. The molecule has 0 fully saturated rings. The summed E-state index contributed by atoms with van der Waals surface area (Å²) in [6.45, 7) is 3.80. The first-order valence-electron chi connectivity index (χ1n) is 5.02. The summed E-state index contributed by atoms with van der Waals surface area (Å²) in [5.41, 5.74) is 7.50. The van der Waals surface area contributed by atoms with Crippen LogP contribution in [0.15, 0.2) is 18.2 Å². The Balaban J connectivity index is 2.87. The van der Waals surface area contributed by atoms with E-state index in [1.165, 1.54) is 0 Å². The van der Waals surface area contributed by atoms with E-state index in [2.05, 4.69) is 0 Å². The minimum absolute atomic E-state index is 0.0246. The first-order chi connectivity index (χ1) is 6.98. The highest BCUT2D eigenvalue weighted by molar-refractivity contribution is 5.37. The van der Waals surface area contributed by atoms with Gasteiger partial charge in [0, 0.05) is 5.54 Å². The topological polar surface area (TPSA) is 55.5 Å². The summed E-state index contributed by atoms with van der Waals surface area (Å²) < 4.78 is 5.23. The third kappa shape index (κ3) is 3.22. The number of hydrogen-bond acceptors (Lipinski definition) is 3. The van der Waals surface area contributed by atoms with Gasteiger partial charge in [-0.25, -0.2) is 0 Å². The summed E-state index contributed by atoms with van der Waals surface area (Å²) in [5, 5.41) is 9.08. The predicted molar refractivity (Wildman–Crippen MR) is 61.1 cm³/mol. The zero-order valence-electron chi connectivity index (χ0n) is 9.58. The van der Waals surface area contributed by atoms with E-state index in [9.17, 15) is 0 Å². The second-order valence-corrected chi connectivity index (χ2v) is 4.29. The maximum absolute atomic E-state index is 9.08. The molecular weight excluding hydrogens is 190 g/mol. The normalized spacial score (nSPS) is 14.7. The fourth-order valence-electron chi connectivity index (χ4n) is 1.50. The molecule has 1 aromatic carbocycles. The van der Waals surface area contributed by atoms with Crippen molar-refractivity contribution in [1.82, 2.24) is 0 Å². The van der Waals surface area contributed by atoms with Crippen LogP contribution in [0.4, 0.5) is 0 Å². The maximum atomic E-state index is 9.08. The Morgan fingerprint density at radius 2 is 2.13 bits per heavy atom. The molecular formula is C12H19NO2. The van der Waals surface area contributed by atoms with Gasteiger partial charge < -0.3 is 15.6 Å². The quantitative estimate of drug-likeness (QED) is 0.784. The Morgan fingerprint density at radius 1 is 1.47 bits per heavy atom. The maximum Gasteiger partial charge on any atom is 0.122 e. The van der Waals surface area contributed by atoms with Crippen LogP contribution in [0, 0.1) is 6.92 Å². The van der Waals surface area contributed by atoms with Crippen LogP contribution in [-0.2, 0) is 6.42 Å². The zero-order chi connectivity index (χ0) is 11.5. The van der Waals surface area contributed by atoms with E-state index in [0.29, 0.717) is 6.42 Å². The molecule has 0 bridgehead atoms. The predicted octanol–water partition coefficient (Wildman–Crippen LogP) is 1.26. The number of hydrogen-bond donors (Lipinski definition) is 2. The van der Waals surface area contributed by atoms with E-state index < -0.39 is 5.54 Å². The molecule has 0 heterocycles. The molecule has 0 saturated carbocycles. The molecule has 1 aromatic rings. The van der Waals surface area contributed by atoms with Crippen molar-refractivity contribution in [3.05, 3.63) is 29.3 Å². The molecule has 0 saturated heterocycles. The van der Waals surface area contributed by atoms with Gasteiger partial charge in [-0.15, -0.1) is 0 Å². The summed E-state index contributed by atoms with van der Waals surface area (Å²) in [7, 11) is 1.65. The highest BCUT2D eigenvalue weighted by Crippen LogP contribution is 2.21.